The zero-order valence-electron chi connectivity index (χ0n) is 15.6. The average molecular weight is 360 g/mol. The number of methoxy groups -OCH3 is 1. The van der Waals surface area contributed by atoms with E-state index in [1.165, 1.54) is 0 Å². The van der Waals surface area contributed by atoms with E-state index in [0.29, 0.717) is 31.7 Å². The van der Waals surface area contributed by atoms with Crippen LogP contribution in [0.25, 0.3) is 0 Å². The predicted octanol–water partition coefficient (Wildman–Crippen LogP) is 1.34. The van der Waals surface area contributed by atoms with Gasteiger partial charge in [0.25, 0.3) is 5.91 Å². The van der Waals surface area contributed by atoms with Crippen LogP contribution in [0.2, 0.25) is 0 Å². The predicted molar refractivity (Wildman–Crippen MR) is 98.8 cm³/mol. The van der Waals surface area contributed by atoms with Gasteiger partial charge in [-0.1, -0.05) is 6.07 Å². The van der Waals surface area contributed by atoms with Crippen LogP contribution in [0.1, 0.15) is 31.2 Å². The minimum atomic E-state index is -0.748. The minimum Gasteiger partial charge on any atom is -0.368 e. The molecule has 3 rings (SSSR count). The van der Waals surface area contributed by atoms with Gasteiger partial charge in [-0.2, -0.15) is 0 Å². The third kappa shape index (κ3) is 4.04. The van der Waals surface area contributed by atoms with E-state index in [1.807, 2.05) is 17.9 Å². The number of amides is 2. The van der Waals surface area contributed by atoms with Gasteiger partial charge in [0, 0.05) is 26.4 Å². The summed E-state index contributed by atoms with van der Waals surface area (Å²) in [6, 6.07) is 3.71. The summed E-state index contributed by atoms with van der Waals surface area (Å²) in [5, 5.41) is 6.14. The third-order valence-corrected chi connectivity index (χ3v) is 5.43. The van der Waals surface area contributed by atoms with E-state index in [4.69, 9.17) is 4.74 Å². The summed E-state index contributed by atoms with van der Waals surface area (Å²) in [5.41, 5.74) is 0.298. The summed E-state index contributed by atoms with van der Waals surface area (Å²) >= 11 is 0. The maximum Gasteiger partial charge on any atom is 0.254 e. The van der Waals surface area contributed by atoms with Gasteiger partial charge in [-0.15, -0.1) is 0 Å². The van der Waals surface area contributed by atoms with Crippen molar-refractivity contribution in [2.75, 3.05) is 38.6 Å². The molecule has 2 aliphatic rings. The van der Waals surface area contributed by atoms with Gasteiger partial charge in [-0.25, -0.2) is 4.98 Å². The lowest BCUT2D eigenvalue weighted by molar-refractivity contribution is -0.160. The number of nitrogens with one attached hydrogen (secondary N) is 2. The summed E-state index contributed by atoms with van der Waals surface area (Å²) in [6.07, 6.45) is 4.67. The molecule has 1 aromatic heterocycles. The molecule has 26 heavy (non-hydrogen) atoms. The number of ether oxygens (including phenoxy) is 1. The maximum absolute atomic E-state index is 13.1. The summed E-state index contributed by atoms with van der Waals surface area (Å²) in [6.45, 7) is 4.63. The fourth-order valence-electron chi connectivity index (χ4n) is 3.77. The molecule has 1 aromatic rings. The second-order valence-electron chi connectivity index (χ2n) is 7.25. The number of aromatic nitrogens is 1. The van der Waals surface area contributed by atoms with Gasteiger partial charge in [-0.05, 0) is 57.3 Å². The molecule has 0 bridgehead atoms. The van der Waals surface area contributed by atoms with Gasteiger partial charge in [-0.3, -0.25) is 9.59 Å². The third-order valence-electron chi connectivity index (χ3n) is 5.43. The summed E-state index contributed by atoms with van der Waals surface area (Å²) in [5.74, 6) is 0.283. The number of anilines is 1. The Morgan fingerprint density at radius 3 is 2.77 bits per heavy atom. The number of hydrogen-bond acceptors (Lipinski definition) is 5. The van der Waals surface area contributed by atoms with Crippen molar-refractivity contribution in [2.24, 2.45) is 5.92 Å². The lowest BCUT2D eigenvalue weighted by atomic mass is 9.88. The lowest BCUT2D eigenvalue weighted by Crippen LogP contribution is -2.57. The second kappa shape index (κ2) is 8.14. The van der Waals surface area contributed by atoms with E-state index in [0.717, 1.165) is 31.5 Å². The number of carbonyl (C=O) groups is 2. The van der Waals surface area contributed by atoms with Crippen LogP contribution in [0, 0.1) is 12.8 Å². The molecule has 7 nitrogen and oxygen atoms in total. The molecule has 0 aromatic carbocycles. The zero-order valence-corrected chi connectivity index (χ0v) is 15.6. The van der Waals surface area contributed by atoms with Gasteiger partial charge >= 0.3 is 0 Å². The fraction of sp³-hybridized carbons (Fsp3) is 0.632. The first-order chi connectivity index (χ1) is 12.5. The minimum absolute atomic E-state index is 0.0208. The van der Waals surface area contributed by atoms with Gasteiger partial charge in [0.2, 0.25) is 5.91 Å². The number of carbonyl (C=O) groups excluding carboxylic acids is 2. The molecule has 142 valence electrons. The molecule has 2 aliphatic heterocycles. The van der Waals surface area contributed by atoms with Crippen molar-refractivity contribution in [3.8, 4) is 0 Å². The average Bonchev–Trinajstić information content (AvgIpc) is 2.69. The largest absolute Gasteiger partial charge is 0.368 e. The quantitative estimate of drug-likeness (QED) is 0.846. The number of nitrogens with zero attached hydrogens (tertiary/aromatic N) is 2. The number of likely N-dealkylation sites (tertiary alicyclic amines) is 1. The van der Waals surface area contributed by atoms with Crippen molar-refractivity contribution in [3.05, 3.63) is 23.9 Å². The Balaban J connectivity index is 1.63. The molecule has 1 unspecified atom stereocenters. The molecular formula is C19H28N4O3. The van der Waals surface area contributed by atoms with Crippen molar-refractivity contribution >= 4 is 17.6 Å². The molecule has 2 fully saturated rings. The SMILES string of the molecule is COC1(C(=O)N2CCCC(C(=O)Nc3ccc(C)cn3)C2)CCNCC1. The van der Waals surface area contributed by atoms with E-state index >= 15 is 0 Å². The van der Waals surface area contributed by atoms with E-state index in [1.54, 1.807) is 19.4 Å². The normalized spacial score (nSPS) is 22.7. The Labute approximate surface area is 154 Å². The van der Waals surface area contributed by atoms with Crippen LogP contribution in [-0.2, 0) is 14.3 Å². The van der Waals surface area contributed by atoms with Crippen molar-refractivity contribution < 1.29 is 14.3 Å². The Hall–Kier alpha value is -1.99. The molecule has 1 atom stereocenters. The Kier molecular flexibility index (Phi) is 5.88. The van der Waals surface area contributed by atoms with Crippen molar-refractivity contribution in [2.45, 2.75) is 38.2 Å². The van der Waals surface area contributed by atoms with Crippen LogP contribution in [0.3, 0.4) is 0 Å². The fourth-order valence-corrected chi connectivity index (χ4v) is 3.77. The van der Waals surface area contributed by atoms with Crippen molar-refractivity contribution in [3.63, 3.8) is 0 Å². The van der Waals surface area contributed by atoms with Crippen LogP contribution < -0.4 is 10.6 Å². The van der Waals surface area contributed by atoms with E-state index < -0.39 is 5.60 Å². The first kappa shape index (κ1) is 18.8. The van der Waals surface area contributed by atoms with Crippen molar-refractivity contribution in [1.82, 2.24) is 15.2 Å². The smallest absolute Gasteiger partial charge is 0.254 e. The topological polar surface area (TPSA) is 83.6 Å². The molecule has 3 heterocycles. The summed E-state index contributed by atoms with van der Waals surface area (Å²) in [7, 11) is 1.61. The van der Waals surface area contributed by atoms with Crippen LogP contribution in [0.4, 0.5) is 5.82 Å². The van der Waals surface area contributed by atoms with E-state index in [-0.39, 0.29) is 17.7 Å². The Morgan fingerprint density at radius 2 is 2.12 bits per heavy atom. The first-order valence-electron chi connectivity index (χ1n) is 9.33. The second-order valence-corrected chi connectivity index (χ2v) is 7.25. The summed E-state index contributed by atoms with van der Waals surface area (Å²) in [4.78, 5) is 31.8. The highest BCUT2D eigenvalue weighted by molar-refractivity contribution is 5.93. The van der Waals surface area contributed by atoms with Crippen molar-refractivity contribution in [1.29, 1.82) is 0 Å². The maximum atomic E-state index is 13.1. The van der Waals surface area contributed by atoms with Gasteiger partial charge < -0.3 is 20.3 Å². The Bertz CT molecular complexity index is 641. The van der Waals surface area contributed by atoms with Crippen LogP contribution in [0.5, 0.6) is 0 Å². The standard InChI is InChI=1S/C19H28N4O3/c1-14-5-6-16(21-12-14)22-17(24)15-4-3-11-23(13-15)18(25)19(26-2)7-9-20-10-8-19/h5-6,12,15,20H,3-4,7-11,13H2,1-2H3,(H,21,22,24). The number of piperidine rings is 2. The molecular weight excluding hydrogens is 332 g/mol. The van der Waals surface area contributed by atoms with Gasteiger partial charge in [0.15, 0.2) is 0 Å². The lowest BCUT2D eigenvalue weighted by Gasteiger charge is -2.41. The first-order valence-corrected chi connectivity index (χ1v) is 9.33. The number of aryl methyl sites for hydroxylation is 1. The molecule has 0 spiro atoms. The molecule has 2 saturated heterocycles. The number of rotatable bonds is 4. The number of pyridine rings is 1. The van der Waals surface area contributed by atoms with Crippen LogP contribution in [-0.4, -0.2) is 60.6 Å². The van der Waals surface area contributed by atoms with E-state index in [2.05, 4.69) is 15.6 Å². The molecule has 2 amide bonds. The zero-order chi connectivity index (χ0) is 18.6. The monoisotopic (exact) mass is 360 g/mol. The highest BCUT2D eigenvalue weighted by Crippen LogP contribution is 2.28. The Morgan fingerprint density at radius 1 is 1.35 bits per heavy atom. The van der Waals surface area contributed by atoms with E-state index in [9.17, 15) is 9.59 Å². The van der Waals surface area contributed by atoms with Gasteiger partial charge in [0.1, 0.15) is 11.4 Å². The highest BCUT2D eigenvalue weighted by Gasteiger charge is 2.43. The molecule has 0 aliphatic carbocycles. The van der Waals surface area contributed by atoms with Crippen LogP contribution >= 0.6 is 0 Å². The molecule has 2 N–H and O–H groups in total. The van der Waals surface area contributed by atoms with Crippen LogP contribution in [0.15, 0.2) is 18.3 Å². The van der Waals surface area contributed by atoms with Gasteiger partial charge in [0.05, 0.1) is 5.92 Å². The molecule has 7 heteroatoms. The highest BCUT2D eigenvalue weighted by atomic mass is 16.5. The summed E-state index contributed by atoms with van der Waals surface area (Å²) < 4.78 is 5.65. The number of hydrogen-bond donors (Lipinski definition) is 2. The molecule has 0 saturated carbocycles. The molecule has 0 radical (unpaired) electrons.